The zero-order valence-corrected chi connectivity index (χ0v) is 17.7. The Morgan fingerprint density at radius 1 is 1.25 bits per heavy atom. The van der Waals surface area contributed by atoms with Gasteiger partial charge in [-0.05, 0) is 81.7 Å². The Labute approximate surface area is 168 Å². The van der Waals surface area contributed by atoms with Crippen LogP contribution in [0.4, 0.5) is 0 Å². The Kier molecular flexibility index (Phi) is 4.95. The van der Waals surface area contributed by atoms with E-state index in [-0.39, 0.29) is 11.9 Å². The van der Waals surface area contributed by atoms with Crippen molar-refractivity contribution in [2.45, 2.75) is 69.9 Å². The minimum atomic E-state index is -0.954. The molecule has 0 spiro atoms. The Hall–Kier alpha value is -1.59. The number of methoxy groups -OCH3 is 1. The van der Waals surface area contributed by atoms with Crippen molar-refractivity contribution >= 4 is 5.91 Å². The Bertz CT molecular complexity index is 775. The summed E-state index contributed by atoms with van der Waals surface area (Å²) in [6.07, 6.45) is 4.32. The second kappa shape index (κ2) is 7.03. The van der Waals surface area contributed by atoms with Gasteiger partial charge in [0, 0.05) is 31.0 Å². The summed E-state index contributed by atoms with van der Waals surface area (Å²) >= 11 is 0. The van der Waals surface area contributed by atoms with E-state index >= 15 is 0 Å². The summed E-state index contributed by atoms with van der Waals surface area (Å²) in [6.45, 7) is 8.81. The zero-order chi connectivity index (χ0) is 20.1. The molecule has 1 amide bonds. The van der Waals surface area contributed by atoms with Crippen molar-refractivity contribution in [2.75, 3.05) is 26.7 Å². The van der Waals surface area contributed by atoms with Crippen LogP contribution in [0.15, 0.2) is 12.1 Å². The molecule has 0 bridgehead atoms. The molecular formula is C23H34N2O3. The van der Waals surface area contributed by atoms with Gasteiger partial charge < -0.3 is 15.2 Å². The standard InChI is InChI=1S/C23H34N2O3/c1-15-11-16(2)20(28-4)12-19(15)22-8-10-25(14-18-5-6-18)17(3)23(22,27)7-9-24-21(26)13-22/h11-12,17-18,27H,5-10,13-14H2,1-4H3,(H,24,26). The summed E-state index contributed by atoms with van der Waals surface area (Å²) in [5.41, 5.74) is 1.75. The highest BCUT2D eigenvalue weighted by Gasteiger charge is 2.60. The molecule has 1 aromatic rings. The lowest BCUT2D eigenvalue weighted by molar-refractivity contribution is -0.143. The van der Waals surface area contributed by atoms with Crippen LogP contribution in [-0.2, 0) is 10.2 Å². The third kappa shape index (κ3) is 3.03. The summed E-state index contributed by atoms with van der Waals surface area (Å²) in [5, 5.41) is 15.3. The number of likely N-dealkylation sites (tertiary alicyclic amines) is 1. The Morgan fingerprint density at radius 3 is 2.68 bits per heavy atom. The van der Waals surface area contributed by atoms with Crippen molar-refractivity contribution in [3.8, 4) is 5.75 Å². The number of aryl methyl sites for hydroxylation is 2. The molecule has 1 aliphatic carbocycles. The average molecular weight is 387 g/mol. The van der Waals surface area contributed by atoms with Crippen LogP contribution in [0.5, 0.6) is 5.75 Å². The quantitative estimate of drug-likeness (QED) is 0.835. The number of hydrogen-bond donors (Lipinski definition) is 2. The second-order valence-electron chi connectivity index (χ2n) is 9.28. The zero-order valence-electron chi connectivity index (χ0n) is 17.7. The van der Waals surface area contributed by atoms with Gasteiger partial charge in [0.1, 0.15) is 5.75 Å². The lowest BCUT2D eigenvalue weighted by Gasteiger charge is -2.57. The highest BCUT2D eigenvalue weighted by molar-refractivity contribution is 5.79. The van der Waals surface area contributed by atoms with Crippen molar-refractivity contribution in [1.29, 1.82) is 0 Å². The summed E-state index contributed by atoms with van der Waals surface area (Å²) < 4.78 is 5.62. The number of carbonyl (C=O) groups excluding carboxylic acids is 1. The number of ether oxygens (including phenoxy) is 1. The van der Waals surface area contributed by atoms with Gasteiger partial charge in [0.25, 0.3) is 0 Å². The Balaban J connectivity index is 1.83. The number of benzene rings is 1. The normalized spacial score (nSPS) is 33.8. The number of nitrogens with one attached hydrogen (secondary N) is 1. The lowest BCUT2D eigenvalue weighted by Crippen LogP contribution is -2.68. The first-order chi connectivity index (χ1) is 13.3. The van der Waals surface area contributed by atoms with Crippen LogP contribution in [0, 0.1) is 19.8 Å². The number of aliphatic hydroxyl groups is 1. The van der Waals surface area contributed by atoms with Crippen LogP contribution in [0.25, 0.3) is 0 Å². The maximum Gasteiger partial charge on any atom is 0.221 e. The van der Waals surface area contributed by atoms with E-state index in [1.54, 1.807) is 7.11 Å². The molecule has 2 saturated heterocycles. The minimum Gasteiger partial charge on any atom is -0.496 e. The second-order valence-corrected chi connectivity index (χ2v) is 9.28. The fourth-order valence-corrected chi connectivity index (χ4v) is 5.78. The first kappa shape index (κ1) is 19.7. The molecule has 3 atom stereocenters. The summed E-state index contributed by atoms with van der Waals surface area (Å²) in [4.78, 5) is 15.2. The van der Waals surface area contributed by atoms with Crippen molar-refractivity contribution in [1.82, 2.24) is 10.2 Å². The monoisotopic (exact) mass is 386 g/mol. The SMILES string of the molecule is COc1cc(C23CCN(CC4CC4)C(C)C2(O)CCNC(=O)C3)c(C)cc1C. The van der Waals surface area contributed by atoms with E-state index < -0.39 is 11.0 Å². The van der Waals surface area contributed by atoms with Crippen LogP contribution < -0.4 is 10.1 Å². The van der Waals surface area contributed by atoms with Crippen LogP contribution in [0.3, 0.4) is 0 Å². The van der Waals surface area contributed by atoms with E-state index in [1.807, 2.05) is 6.92 Å². The van der Waals surface area contributed by atoms with E-state index in [9.17, 15) is 9.90 Å². The van der Waals surface area contributed by atoms with Crippen LogP contribution >= 0.6 is 0 Å². The Morgan fingerprint density at radius 2 is 2.00 bits per heavy atom. The molecule has 154 valence electrons. The summed E-state index contributed by atoms with van der Waals surface area (Å²) in [6, 6.07) is 4.23. The molecule has 3 fully saturated rings. The third-order valence-electron chi connectivity index (χ3n) is 7.63. The van der Waals surface area contributed by atoms with Gasteiger partial charge in [0.15, 0.2) is 0 Å². The third-order valence-corrected chi connectivity index (χ3v) is 7.63. The lowest BCUT2D eigenvalue weighted by atomic mass is 9.56. The topological polar surface area (TPSA) is 61.8 Å². The van der Waals surface area contributed by atoms with Crippen molar-refractivity contribution in [3.63, 3.8) is 0 Å². The van der Waals surface area contributed by atoms with Gasteiger partial charge in [-0.15, -0.1) is 0 Å². The van der Waals surface area contributed by atoms with Gasteiger partial charge in [0.05, 0.1) is 12.7 Å². The molecule has 5 heteroatoms. The van der Waals surface area contributed by atoms with E-state index in [2.05, 4.69) is 36.2 Å². The number of piperidine rings is 1. The molecule has 0 radical (unpaired) electrons. The summed E-state index contributed by atoms with van der Waals surface area (Å²) in [5.74, 6) is 1.65. The van der Waals surface area contributed by atoms with Gasteiger partial charge in [-0.25, -0.2) is 0 Å². The molecule has 1 aromatic carbocycles. The molecule has 2 heterocycles. The highest BCUT2D eigenvalue weighted by Crippen LogP contribution is 2.52. The van der Waals surface area contributed by atoms with Gasteiger partial charge in [-0.2, -0.15) is 0 Å². The number of nitrogens with zero attached hydrogens (tertiary/aromatic N) is 1. The predicted molar refractivity (Wildman–Crippen MR) is 110 cm³/mol. The summed E-state index contributed by atoms with van der Waals surface area (Å²) in [7, 11) is 1.69. The van der Waals surface area contributed by atoms with Gasteiger partial charge in [-0.3, -0.25) is 9.69 Å². The predicted octanol–water partition coefficient (Wildman–Crippen LogP) is 2.70. The van der Waals surface area contributed by atoms with Crippen LogP contribution in [0.1, 0.15) is 55.7 Å². The number of hydrogen-bond acceptors (Lipinski definition) is 4. The van der Waals surface area contributed by atoms with Crippen molar-refractivity contribution in [2.24, 2.45) is 5.92 Å². The van der Waals surface area contributed by atoms with Gasteiger partial charge >= 0.3 is 0 Å². The number of amides is 1. The molecule has 2 N–H and O–H groups in total. The smallest absolute Gasteiger partial charge is 0.221 e. The molecular weight excluding hydrogens is 352 g/mol. The van der Waals surface area contributed by atoms with Crippen molar-refractivity contribution in [3.05, 3.63) is 28.8 Å². The molecule has 28 heavy (non-hydrogen) atoms. The van der Waals surface area contributed by atoms with E-state index in [4.69, 9.17) is 4.74 Å². The molecule has 5 nitrogen and oxygen atoms in total. The minimum absolute atomic E-state index is 0.0150. The van der Waals surface area contributed by atoms with Gasteiger partial charge in [0.2, 0.25) is 5.91 Å². The molecule has 3 aliphatic rings. The van der Waals surface area contributed by atoms with Crippen LogP contribution in [-0.4, -0.2) is 54.3 Å². The number of rotatable bonds is 4. The fraction of sp³-hybridized carbons (Fsp3) is 0.696. The molecule has 1 saturated carbocycles. The molecule has 0 aromatic heterocycles. The van der Waals surface area contributed by atoms with E-state index in [0.717, 1.165) is 47.9 Å². The molecule has 3 unspecified atom stereocenters. The number of fused-ring (bicyclic) bond motifs is 1. The van der Waals surface area contributed by atoms with E-state index in [1.165, 1.54) is 12.8 Å². The van der Waals surface area contributed by atoms with Crippen molar-refractivity contribution < 1.29 is 14.6 Å². The maximum atomic E-state index is 12.7. The maximum absolute atomic E-state index is 12.7. The van der Waals surface area contributed by atoms with E-state index in [0.29, 0.717) is 19.4 Å². The molecule has 2 aliphatic heterocycles. The first-order valence-corrected chi connectivity index (χ1v) is 10.7. The highest BCUT2D eigenvalue weighted by atomic mass is 16.5. The van der Waals surface area contributed by atoms with Crippen LogP contribution in [0.2, 0.25) is 0 Å². The molecule has 4 rings (SSSR count). The number of carbonyl (C=O) groups is 1. The average Bonchev–Trinajstić information content (AvgIpc) is 3.47. The fourth-order valence-electron chi connectivity index (χ4n) is 5.78. The van der Waals surface area contributed by atoms with Gasteiger partial charge in [-0.1, -0.05) is 6.07 Å². The largest absolute Gasteiger partial charge is 0.496 e. The first-order valence-electron chi connectivity index (χ1n) is 10.7.